The highest BCUT2D eigenvalue weighted by atomic mass is 79.9. The normalized spacial score (nSPS) is 10.5. The molecule has 2 nitrogen and oxygen atoms in total. The minimum absolute atomic E-state index is 0.513. The molecule has 0 saturated carbocycles. The average molecular weight is 341 g/mol. The first-order valence-corrected chi connectivity index (χ1v) is 7.17. The molecule has 0 aromatic heterocycles. The number of nitrogens with one attached hydrogen (secondary N) is 1. The monoisotopic (exact) mass is 339 g/mol. The minimum atomic E-state index is 0.513. The van der Waals surface area contributed by atoms with Gasteiger partial charge in [0.05, 0.1) is 5.02 Å². The van der Waals surface area contributed by atoms with Gasteiger partial charge in [0.25, 0.3) is 0 Å². The van der Waals surface area contributed by atoms with Crippen LogP contribution in [-0.4, -0.2) is 7.05 Å². The van der Waals surface area contributed by atoms with Crippen LogP contribution in [0.5, 0.6) is 5.75 Å². The van der Waals surface area contributed by atoms with Crippen LogP contribution in [0.2, 0.25) is 5.02 Å². The molecule has 1 N–H and O–H groups in total. The largest absolute Gasteiger partial charge is 0.487 e. The number of hydrogen-bond acceptors (Lipinski definition) is 2. The van der Waals surface area contributed by atoms with Crippen LogP contribution in [0.1, 0.15) is 11.1 Å². The molecule has 0 saturated heterocycles. The quantitative estimate of drug-likeness (QED) is 0.871. The predicted molar refractivity (Wildman–Crippen MR) is 82.7 cm³/mol. The van der Waals surface area contributed by atoms with Gasteiger partial charge in [0.1, 0.15) is 12.4 Å². The summed E-state index contributed by atoms with van der Waals surface area (Å²) in [4.78, 5) is 0. The molecule has 0 amide bonds. The lowest BCUT2D eigenvalue weighted by molar-refractivity contribution is 0.305. The Kier molecular flexibility index (Phi) is 5.25. The minimum Gasteiger partial charge on any atom is -0.487 e. The van der Waals surface area contributed by atoms with Gasteiger partial charge in [-0.1, -0.05) is 51.8 Å². The number of ether oxygens (including phenoxy) is 1. The fraction of sp³-hybridized carbons (Fsp3) is 0.200. The second-order valence-corrected chi connectivity index (χ2v) is 5.49. The van der Waals surface area contributed by atoms with Crippen molar-refractivity contribution in [2.75, 3.05) is 7.05 Å². The summed E-state index contributed by atoms with van der Waals surface area (Å²) in [7, 11) is 1.93. The van der Waals surface area contributed by atoms with Crippen molar-refractivity contribution in [1.82, 2.24) is 5.32 Å². The van der Waals surface area contributed by atoms with Crippen LogP contribution >= 0.6 is 27.5 Å². The molecule has 0 fully saturated rings. The van der Waals surface area contributed by atoms with Crippen LogP contribution in [0, 0.1) is 0 Å². The molecular weight excluding hydrogens is 326 g/mol. The summed E-state index contributed by atoms with van der Waals surface area (Å²) in [6.45, 7) is 1.34. The molecule has 2 aromatic rings. The van der Waals surface area contributed by atoms with Gasteiger partial charge in [-0.2, -0.15) is 0 Å². The van der Waals surface area contributed by atoms with Gasteiger partial charge >= 0.3 is 0 Å². The van der Waals surface area contributed by atoms with Crippen molar-refractivity contribution in [2.24, 2.45) is 0 Å². The molecule has 0 unspecified atom stereocenters. The van der Waals surface area contributed by atoms with Gasteiger partial charge in [-0.3, -0.25) is 0 Å². The molecule has 0 radical (unpaired) electrons. The third-order valence-electron chi connectivity index (χ3n) is 2.76. The van der Waals surface area contributed by atoms with Gasteiger partial charge in [0, 0.05) is 11.0 Å². The lowest BCUT2D eigenvalue weighted by Gasteiger charge is -2.12. The van der Waals surface area contributed by atoms with Crippen LogP contribution < -0.4 is 10.1 Å². The zero-order chi connectivity index (χ0) is 13.7. The summed E-state index contributed by atoms with van der Waals surface area (Å²) in [5.74, 6) is 0.698. The van der Waals surface area contributed by atoms with Crippen LogP contribution in [0.15, 0.2) is 46.9 Å². The van der Waals surface area contributed by atoms with Gasteiger partial charge in [-0.25, -0.2) is 0 Å². The van der Waals surface area contributed by atoms with E-state index in [4.69, 9.17) is 16.3 Å². The molecule has 0 aliphatic heterocycles. The van der Waals surface area contributed by atoms with Crippen molar-refractivity contribution in [3.8, 4) is 5.75 Å². The molecule has 0 aliphatic rings. The maximum absolute atomic E-state index is 6.13. The molecule has 4 heteroatoms. The van der Waals surface area contributed by atoms with Crippen LogP contribution in [-0.2, 0) is 13.2 Å². The third-order valence-corrected chi connectivity index (χ3v) is 3.55. The maximum Gasteiger partial charge on any atom is 0.138 e. The molecule has 0 aliphatic carbocycles. The zero-order valence-electron chi connectivity index (χ0n) is 10.6. The Labute approximate surface area is 126 Å². The number of benzene rings is 2. The molecule has 19 heavy (non-hydrogen) atoms. The van der Waals surface area contributed by atoms with Crippen molar-refractivity contribution < 1.29 is 4.74 Å². The summed E-state index contributed by atoms with van der Waals surface area (Å²) < 4.78 is 6.73. The van der Waals surface area contributed by atoms with E-state index < -0.39 is 0 Å². The summed E-state index contributed by atoms with van der Waals surface area (Å²) in [5.41, 5.74) is 2.40. The molecule has 0 heterocycles. The van der Waals surface area contributed by atoms with Crippen molar-refractivity contribution in [1.29, 1.82) is 0 Å². The van der Waals surface area contributed by atoms with E-state index in [1.807, 2.05) is 37.4 Å². The van der Waals surface area contributed by atoms with Gasteiger partial charge in [0.2, 0.25) is 0 Å². The van der Waals surface area contributed by atoms with E-state index >= 15 is 0 Å². The summed E-state index contributed by atoms with van der Waals surface area (Å²) in [6.07, 6.45) is 0. The number of hydrogen-bond donors (Lipinski definition) is 1. The van der Waals surface area contributed by atoms with E-state index in [0.717, 1.165) is 16.6 Å². The molecule has 2 rings (SSSR count). The second kappa shape index (κ2) is 6.94. The van der Waals surface area contributed by atoms with E-state index in [1.54, 1.807) is 0 Å². The third kappa shape index (κ3) is 3.96. The van der Waals surface area contributed by atoms with Gasteiger partial charge in [0.15, 0.2) is 0 Å². The van der Waals surface area contributed by atoms with Crippen molar-refractivity contribution in [3.63, 3.8) is 0 Å². The molecular formula is C15H15BrClNO. The van der Waals surface area contributed by atoms with E-state index in [1.165, 1.54) is 5.56 Å². The second-order valence-electron chi connectivity index (χ2n) is 4.16. The molecule has 0 atom stereocenters. The van der Waals surface area contributed by atoms with Gasteiger partial charge in [-0.15, -0.1) is 0 Å². The van der Waals surface area contributed by atoms with Crippen molar-refractivity contribution >= 4 is 27.5 Å². The summed E-state index contributed by atoms with van der Waals surface area (Å²) in [5, 5.41) is 3.77. The van der Waals surface area contributed by atoms with Gasteiger partial charge in [-0.05, 0) is 36.4 Å². The Morgan fingerprint density at radius 3 is 2.58 bits per heavy atom. The van der Waals surface area contributed by atoms with E-state index in [2.05, 4.69) is 33.4 Å². The van der Waals surface area contributed by atoms with Crippen LogP contribution in [0.4, 0.5) is 0 Å². The molecule has 2 aromatic carbocycles. The predicted octanol–water partition coefficient (Wildman–Crippen LogP) is 4.40. The highest BCUT2D eigenvalue weighted by Gasteiger charge is 2.05. The van der Waals surface area contributed by atoms with Crippen molar-refractivity contribution in [2.45, 2.75) is 13.2 Å². The first-order chi connectivity index (χ1) is 9.20. The highest BCUT2D eigenvalue weighted by Crippen LogP contribution is 2.28. The maximum atomic E-state index is 6.13. The fourth-order valence-electron chi connectivity index (χ4n) is 1.81. The topological polar surface area (TPSA) is 21.3 Å². The molecule has 0 spiro atoms. The van der Waals surface area contributed by atoms with Crippen LogP contribution in [0.25, 0.3) is 0 Å². The lowest BCUT2D eigenvalue weighted by atomic mass is 10.1. The summed E-state index contributed by atoms with van der Waals surface area (Å²) >= 11 is 9.51. The van der Waals surface area contributed by atoms with Gasteiger partial charge < -0.3 is 10.1 Å². The first kappa shape index (κ1) is 14.4. The fourth-order valence-corrected chi connectivity index (χ4v) is 2.54. The van der Waals surface area contributed by atoms with E-state index in [-0.39, 0.29) is 0 Å². The molecule has 100 valence electrons. The Morgan fingerprint density at radius 1 is 1.16 bits per heavy atom. The van der Waals surface area contributed by atoms with E-state index in [9.17, 15) is 0 Å². The number of rotatable bonds is 5. The molecule has 0 bridgehead atoms. The first-order valence-electron chi connectivity index (χ1n) is 6.00. The Morgan fingerprint density at radius 2 is 1.89 bits per heavy atom. The van der Waals surface area contributed by atoms with Crippen molar-refractivity contribution in [3.05, 3.63) is 63.1 Å². The Bertz CT molecular complexity index is 560. The Balaban J connectivity index is 2.10. The van der Waals surface area contributed by atoms with Crippen LogP contribution in [0.3, 0.4) is 0 Å². The zero-order valence-corrected chi connectivity index (χ0v) is 13.0. The smallest absolute Gasteiger partial charge is 0.138 e. The number of halogens is 2. The summed E-state index contributed by atoms with van der Waals surface area (Å²) in [6, 6.07) is 13.8. The standard InChI is InChI=1S/C15H15BrClNO/c1-18-9-11-4-2-3-5-12(11)10-19-15-7-6-13(16)8-14(15)17/h2-8,18H,9-10H2,1H3. The van der Waals surface area contributed by atoms with E-state index in [0.29, 0.717) is 17.4 Å². The average Bonchev–Trinajstić information content (AvgIpc) is 2.40. The highest BCUT2D eigenvalue weighted by molar-refractivity contribution is 9.10. The lowest BCUT2D eigenvalue weighted by Crippen LogP contribution is -2.09. The SMILES string of the molecule is CNCc1ccccc1COc1ccc(Br)cc1Cl. The Hall–Kier alpha value is -1.03.